The van der Waals surface area contributed by atoms with Crippen molar-refractivity contribution in [1.82, 2.24) is 29.3 Å². The highest BCUT2D eigenvalue weighted by Gasteiger charge is 2.24. The molecule has 7 rings (SSSR count). The SMILES string of the molecule is Cn1nccc1-c1cnc(COc2cccc(-c3cc(F)c(Cc4nc5ccc(C(=O)O)cc5n4C[C@@H]4CCO4)cc3F)n2)s1. The molecular weight excluding hydrogens is 602 g/mol. The standard InChI is InChI=1S/C32H26F2N6O4S/c1-39-26(7-9-36-39)28-15-35-31(45-28)17-44-30-4-2-3-24(38-30)21-14-22(33)19(11-23(21)34)13-29-37-25-6-5-18(32(41)42)12-27(25)40(29)16-20-8-10-43-20/h2-7,9,11-12,14-15,20H,8,10,13,16-17H2,1H3,(H,41,42)/t20-/m0/s1. The van der Waals surface area contributed by atoms with Crippen LogP contribution in [-0.4, -0.2) is 53.1 Å². The van der Waals surface area contributed by atoms with Gasteiger partial charge < -0.3 is 19.1 Å². The van der Waals surface area contributed by atoms with Gasteiger partial charge in [-0.1, -0.05) is 6.07 Å². The van der Waals surface area contributed by atoms with E-state index < -0.39 is 17.6 Å². The van der Waals surface area contributed by atoms with Crippen molar-refractivity contribution in [3.8, 4) is 27.7 Å². The van der Waals surface area contributed by atoms with Crippen molar-refractivity contribution in [2.45, 2.75) is 32.1 Å². The molecule has 1 atom stereocenters. The summed E-state index contributed by atoms with van der Waals surface area (Å²) >= 11 is 1.47. The lowest BCUT2D eigenvalue weighted by Crippen LogP contribution is -2.31. The van der Waals surface area contributed by atoms with Crippen molar-refractivity contribution in [2.24, 2.45) is 7.05 Å². The number of pyridine rings is 1. The van der Waals surface area contributed by atoms with Crippen molar-refractivity contribution in [1.29, 1.82) is 0 Å². The van der Waals surface area contributed by atoms with E-state index in [1.165, 1.54) is 17.4 Å². The van der Waals surface area contributed by atoms with E-state index in [1.54, 1.807) is 47.4 Å². The zero-order valence-electron chi connectivity index (χ0n) is 24.0. The van der Waals surface area contributed by atoms with E-state index in [0.717, 1.165) is 34.1 Å². The number of carbonyl (C=O) groups is 1. The molecule has 45 heavy (non-hydrogen) atoms. The third-order valence-corrected chi connectivity index (χ3v) is 8.70. The molecule has 1 aliphatic rings. The molecule has 0 unspecified atom stereocenters. The number of hydrogen-bond donors (Lipinski definition) is 1. The fraction of sp³-hybridized carbons (Fsp3) is 0.219. The van der Waals surface area contributed by atoms with Crippen LogP contribution in [0.25, 0.3) is 32.9 Å². The molecule has 0 bridgehead atoms. The first-order valence-corrected chi connectivity index (χ1v) is 15.0. The van der Waals surface area contributed by atoms with Crippen LogP contribution in [0.4, 0.5) is 8.78 Å². The van der Waals surface area contributed by atoms with Gasteiger partial charge in [0.1, 0.15) is 29.1 Å². The van der Waals surface area contributed by atoms with E-state index in [1.807, 2.05) is 17.7 Å². The van der Waals surface area contributed by atoms with Gasteiger partial charge in [0.25, 0.3) is 0 Å². The van der Waals surface area contributed by atoms with E-state index in [2.05, 4.69) is 20.1 Å². The van der Waals surface area contributed by atoms with Crippen LogP contribution in [0.3, 0.4) is 0 Å². The van der Waals surface area contributed by atoms with Gasteiger partial charge in [-0.05, 0) is 54.4 Å². The Kier molecular flexibility index (Phi) is 7.55. The number of hydrogen-bond acceptors (Lipinski definition) is 8. The van der Waals surface area contributed by atoms with Gasteiger partial charge in [0, 0.05) is 44.1 Å². The molecule has 1 aliphatic heterocycles. The molecule has 6 aromatic rings. The molecule has 1 N–H and O–H groups in total. The van der Waals surface area contributed by atoms with Crippen molar-refractivity contribution >= 4 is 28.3 Å². The summed E-state index contributed by atoms with van der Waals surface area (Å²) in [5, 5.41) is 14.4. The number of carboxylic acids is 1. The number of aryl methyl sites for hydroxylation is 1. The molecule has 0 spiro atoms. The maximum atomic E-state index is 15.5. The first-order valence-electron chi connectivity index (χ1n) is 14.2. The second-order valence-electron chi connectivity index (χ2n) is 10.6. The molecule has 0 radical (unpaired) electrons. The molecule has 0 amide bonds. The van der Waals surface area contributed by atoms with E-state index in [4.69, 9.17) is 9.47 Å². The molecule has 0 saturated carbocycles. The third kappa shape index (κ3) is 5.79. The second kappa shape index (κ2) is 11.8. The minimum Gasteiger partial charge on any atom is -0.478 e. The number of rotatable bonds is 10. The number of thiazole rings is 1. The number of aromatic carboxylic acids is 1. The first kappa shape index (κ1) is 28.7. The molecule has 0 aliphatic carbocycles. The van der Waals surface area contributed by atoms with Gasteiger partial charge in [0.2, 0.25) is 5.88 Å². The van der Waals surface area contributed by atoms with E-state index >= 15 is 8.78 Å². The highest BCUT2D eigenvalue weighted by atomic mass is 32.1. The predicted molar refractivity (Wildman–Crippen MR) is 162 cm³/mol. The Labute approximate surface area is 259 Å². The highest BCUT2D eigenvalue weighted by molar-refractivity contribution is 7.15. The van der Waals surface area contributed by atoms with Gasteiger partial charge in [0.15, 0.2) is 0 Å². The van der Waals surface area contributed by atoms with E-state index in [0.29, 0.717) is 30.0 Å². The van der Waals surface area contributed by atoms with Gasteiger partial charge in [0.05, 0.1) is 45.5 Å². The lowest BCUT2D eigenvalue weighted by molar-refractivity contribution is -0.0589. The predicted octanol–water partition coefficient (Wildman–Crippen LogP) is 5.89. The minimum atomic E-state index is -1.06. The van der Waals surface area contributed by atoms with Gasteiger partial charge in [-0.15, -0.1) is 11.3 Å². The maximum absolute atomic E-state index is 15.5. The minimum absolute atomic E-state index is 0.00195. The summed E-state index contributed by atoms with van der Waals surface area (Å²) in [6.07, 6.45) is 4.26. The van der Waals surface area contributed by atoms with Crippen LogP contribution in [-0.2, 0) is 31.4 Å². The van der Waals surface area contributed by atoms with Crippen LogP contribution in [0, 0.1) is 11.6 Å². The van der Waals surface area contributed by atoms with Crippen LogP contribution in [0.1, 0.15) is 33.2 Å². The summed E-state index contributed by atoms with van der Waals surface area (Å²) in [5.74, 6) is -1.58. The van der Waals surface area contributed by atoms with Crippen molar-refractivity contribution in [3.05, 3.63) is 101 Å². The molecule has 1 saturated heterocycles. The zero-order valence-corrected chi connectivity index (χ0v) is 24.8. The lowest BCUT2D eigenvalue weighted by Gasteiger charge is -2.27. The Morgan fingerprint density at radius 3 is 2.76 bits per heavy atom. The normalized spacial score (nSPS) is 14.5. The number of benzene rings is 2. The Hall–Kier alpha value is -5.01. The Balaban J connectivity index is 1.12. The summed E-state index contributed by atoms with van der Waals surface area (Å²) in [6.45, 7) is 1.24. The number of carboxylic acid groups (broad SMARTS) is 1. The third-order valence-electron chi connectivity index (χ3n) is 7.71. The molecular formula is C32H26F2N6O4S. The number of ether oxygens (including phenoxy) is 2. The number of imidazole rings is 1. The largest absolute Gasteiger partial charge is 0.478 e. The maximum Gasteiger partial charge on any atom is 0.335 e. The highest BCUT2D eigenvalue weighted by Crippen LogP contribution is 2.30. The first-order chi connectivity index (χ1) is 21.8. The van der Waals surface area contributed by atoms with Crippen LogP contribution in [0.2, 0.25) is 0 Å². The number of nitrogens with zero attached hydrogens (tertiary/aromatic N) is 6. The van der Waals surface area contributed by atoms with Gasteiger partial charge in [-0.2, -0.15) is 5.10 Å². The van der Waals surface area contributed by atoms with Crippen molar-refractivity contribution in [2.75, 3.05) is 6.61 Å². The molecule has 1 fully saturated rings. The average Bonchev–Trinajstić information content (AvgIpc) is 3.73. The summed E-state index contributed by atoms with van der Waals surface area (Å²) < 4.78 is 46.1. The monoisotopic (exact) mass is 628 g/mol. The van der Waals surface area contributed by atoms with Crippen LogP contribution < -0.4 is 4.74 Å². The van der Waals surface area contributed by atoms with E-state index in [-0.39, 0.29) is 47.4 Å². The van der Waals surface area contributed by atoms with Crippen molar-refractivity contribution < 1.29 is 28.2 Å². The zero-order chi connectivity index (χ0) is 31.1. The Bertz CT molecular complexity index is 2050. The van der Waals surface area contributed by atoms with Gasteiger partial charge in [-0.3, -0.25) is 4.68 Å². The Morgan fingerprint density at radius 2 is 2.00 bits per heavy atom. The second-order valence-corrected chi connectivity index (χ2v) is 11.8. The molecule has 10 nitrogen and oxygen atoms in total. The van der Waals surface area contributed by atoms with Gasteiger partial charge in [-0.25, -0.2) is 28.5 Å². The molecule has 228 valence electrons. The summed E-state index contributed by atoms with van der Waals surface area (Å²) in [5.41, 5.74) is 2.56. The average molecular weight is 629 g/mol. The molecule has 13 heteroatoms. The summed E-state index contributed by atoms with van der Waals surface area (Å²) in [4.78, 5) is 26.0. The molecule has 4 aromatic heterocycles. The Morgan fingerprint density at radius 1 is 1.13 bits per heavy atom. The van der Waals surface area contributed by atoms with Gasteiger partial charge >= 0.3 is 5.97 Å². The number of halogens is 2. The molecule has 5 heterocycles. The topological polar surface area (TPSA) is 117 Å². The fourth-order valence-electron chi connectivity index (χ4n) is 5.26. The van der Waals surface area contributed by atoms with Crippen LogP contribution in [0.5, 0.6) is 5.88 Å². The summed E-state index contributed by atoms with van der Waals surface area (Å²) in [6, 6.07) is 13.7. The van der Waals surface area contributed by atoms with Crippen LogP contribution in [0.15, 0.2) is 67.0 Å². The number of fused-ring (bicyclic) bond motifs is 1. The fourth-order valence-corrected chi connectivity index (χ4v) is 6.15. The quantitative estimate of drug-likeness (QED) is 0.200. The smallest absolute Gasteiger partial charge is 0.335 e. The lowest BCUT2D eigenvalue weighted by atomic mass is 10.0. The molecule has 2 aromatic carbocycles. The van der Waals surface area contributed by atoms with Crippen molar-refractivity contribution in [3.63, 3.8) is 0 Å². The number of aromatic nitrogens is 6. The summed E-state index contributed by atoms with van der Waals surface area (Å²) in [7, 11) is 1.86. The van der Waals surface area contributed by atoms with Crippen LogP contribution >= 0.6 is 11.3 Å². The van der Waals surface area contributed by atoms with E-state index in [9.17, 15) is 9.90 Å².